The van der Waals surface area contributed by atoms with Crippen LogP contribution in [0.5, 0.6) is 0 Å². The van der Waals surface area contributed by atoms with Crippen LogP contribution in [0.15, 0.2) is 0 Å². The first-order valence-corrected chi connectivity index (χ1v) is 7.17. The number of amides is 2. The zero-order valence-electron chi connectivity index (χ0n) is 10.6. The Morgan fingerprint density at radius 3 is 2.76 bits per heavy atom. The van der Waals surface area contributed by atoms with E-state index in [1.165, 1.54) is 0 Å². The Labute approximate surface area is 106 Å². The minimum absolute atomic E-state index is 0.00231. The Balaban J connectivity index is 2.36. The van der Waals surface area contributed by atoms with Gasteiger partial charge < -0.3 is 0 Å². The lowest BCUT2D eigenvalue weighted by Crippen LogP contribution is -2.53. The number of nitrogens with zero attached hydrogens (tertiary/aromatic N) is 2. The molecule has 0 aromatic heterocycles. The molecule has 4 nitrogen and oxygen atoms in total. The lowest BCUT2D eigenvalue weighted by molar-refractivity contribution is -0.449. The molecular weight excluding hydrogens is 236 g/mol. The number of amidine groups is 1. The van der Waals surface area contributed by atoms with Gasteiger partial charge in [0.05, 0.1) is 6.54 Å². The van der Waals surface area contributed by atoms with E-state index in [0.29, 0.717) is 18.9 Å². The van der Waals surface area contributed by atoms with Gasteiger partial charge in [-0.2, -0.15) is 9.48 Å². The van der Waals surface area contributed by atoms with Crippen LogP contribution in [-0.4, -0.2) is 45.3 Å². The van der Waals surface area contributed by atoms with Crippen molar-refractivity contribution in [3.8, 4) is 0 Å². The Morgan fingerprint density at radius 1 is 1.47 bits per heavy atom. The van der Waals surface area contributed by atoms with Gasteiger partial charge >= 0.3 is 17.0 Å². The van der Waals surface area contributed by atoms with E-state index in [9.17, 15) is 9.59 Å². The summed E-state index contributed by atoms with van der Waals surface area (Å²) in [7, 11) is 0. The molecule has 0 radical (unpaired) electrons. The van der Waals surface area contributed by atoms with Gasteiger partial charge in [0.1, 0.15) is 6.54 Å². The van der Waals surface area contributed by atoms with Crippen molar-refractivity contribution in [3.63, 3.8) is 0 Å². The van der Waals surface area contributed by atoms with Crippen LogP contribution < -0.4 is 0 Å². The van der Waals surface area contributed by atoms with Crippen LogP contribution in [0, 0.1) is 11.8 Å². The molecule has 2 heterocycles. The third-order valence-corrected chi connectivity index (χ3v) is 4.18. The molecule has 0 N–H and O–H groups in total. The van der Waals surface area contributed by atoms with E-state index in [1.807, 2.05) is 11.8 Å². The number of carbonyl (C=O) groups is 2. The van der Waals surface area contributed by atoms with Gasteiger partial charge in [0.15, 0.2) is 5.92 Å². The predicted octanol–water partition coefficient (Wildman–Crippen LogP) is 1.15. The second kappa shape index (κ2) is 4.80. The fourth-order valence-corrected chi connectivity index (χ4v) is 3.40. The summed E-state index contributed by atoms with van der Waals surface area (Å²) in [5, 5.41) is 0.860. The second-order valence-corrected chi connectivity index (χ2v) is 5.99. The maximum Gasteiger partial charge on any atom is 0.325 e. The molecule has 5 heteroatoms. The van der Waals surface area contributed by atoms with Crippen LogP contribution >= 0.6 is 11.8 Å². The van der Waals surface area contributed by atoms with Gasteiger partial charge in [0.25, 0.3) is 0 Å². The number of hydrogen-bond acceptors (Lipinski definition) is 3. The number of carbonyl (C=O) groups excluding carboxylic acids is 2. The fourth-order valence-electron chi connectivity index (χ4n) is 2.29. The highest BCUT2D eigenvalue weighted by Crippen LogP contribution is 2.26. The average Bonchev–Trinajstić information content (AvgIpc) is 2.73. The molecule has 17 heavy (non-hydrogen) atoms. The van der Waals surface area contributed by atoms with Gasteiger partial charge in [-0.15, -0.1) is 0 Å². The van der Waals surface area contributed by atoms with Crippen LogP contribution in [0.1, 0.15) is 27.2 Å². The first-order chi connectivity index (χ1) is 8.06. The molecule has 0 saturated heterocycles. The zero-order chi connectivity index (χ0) is 12.6. The highest BCUT2D eigenvalue weighted by Gasteiger charge is 2.49. The van der Waals surface area contributed by atoms with Crippen molar-refractivity contribution in [2.75, 3.05) is 18.8 Å². The van der Waals surface area contributed by atoms with Crippen LogP contribution in [0.2, 0.25) is 0 Å². The minimum Gasteiger partial charge on any atom is -0.246 e. The van der Waals surface area contributed by atoms with Crippen molar-refractivity contribution in [2.24, 2.45) is 11.8 Å². The molecular formula is C12H19N2O2S+. The van der Waals surface area contributed by atoms with Crippen LogP contribution in [-0.2, 0) is 9.59 Å². The molecule has 1 atom stereocenters. The molecule has 2 amide bonds. The molecule has 2 aliphatic heterocycles. The molecule has 2 aliphatic rings. The maximum absolute atomic E-state index is 12.3. The largest absolute Gasteiger partial charge is 0.325 e. The van der Waals surface area contributed by atoms with E-state index in [2.05, 4.69) is 13.8 Å². The monoisotopic (exact) mass is 255 g/mol. The van der Waals surface area contributed by atoms with E-state index in [4.69, 9.17) is 0 Å². The summed E-state index contributed by atoms with van der Waals surface area (Å²) in [5.41, 5.74) is 0. The normalized spacial score (nSPS) is 24.9. The molecule has 94 valence electrons. The SMILES string of the molecule is CCC1C(=O)N(CC(C)C)C2=[N+](CCS2)C1=O. The molecule has 2 rings (SSSR count). The average molecular weight is 255 g/mol. The van der Waals surface area contributed by atoms with E-state index in [-0.39, 0.29) is 11.8 Å². The van der Waals surface area contributed by atoms with Crippen molar-refractivity contribution < 1.29 is 14.2 Å². The second-order valence-electron chi connectivity index (χ2n) is 4.92. The summed E-state index contributed by atoms with van der Waals surface area (Å²) in [5.74, 6) is 0.847. The Hall–Kier alpha value is -0.840. The first-order valence-electron chi connectivity index (χ1n) is 6.18. The predicted molar refractivity (Wildman–Crippen MR) is 67.9 cm³/mol. The van der Waals surface area contributed by atoms with Gasteiger partial charge in [0, 0.05) is 5.75 Å². The van der Waals surface area contributed by atoms with Crippen molar-refractivity contribution in [1.82, 2.24) is 4.90 Å². The standard InChI is InChI=1S/C12H19N2O2S/c1-4-9-10(15)13-5-6-17-12(13)14(11(9)16)7-8(2)3/h8-9H,4-7H2,1-3H3/q+1. The summed E-state index contributed by atoms with van der Waals surface area (Å²) in [6.07, 6.45) is 0.598. The summed E-state index contributed by atoms with van der Waals surface area (Å²) in [6.45, 7) is 7.55. The molecule has 0 aromatic rings. The number of hydrogen-bond donors (Lipinski definition) is 0. The molecule has 0 saturated carbocycles. The third kappa shape index (κ3) is 2.12. The molecule has 1 unspecified atom stereocenters. The number of thioether (sulfide) groups is 1. The molecule has 0 aromatic carbocycles. The highest BCUT2D eigenvalue weighted by molar-refractivity contribution is 8.13. The van der Waals surface area contributed by atoms with Gasteiger partial charge in [0.2, 0.25) is 0 Å². The Bertz CT molecular complexity index is 390. The lowest BCUT2D eigenvalue weighted by atomic mass is 10.0. The van der Waals surface area contributed by atoms with Gasteiger partial charge in [-0.25, -0.2) is 9.59 Å². The maximum atomic E-state index is 12.3. The summed E-state index contributed by atoms with van der Waals surface area (Å²) in [4.78, 5) is 26.2. The number of rotatable bonds is 3. The van der Waals surface area contributed by atoms with Crippen LogP contribution in [0.3, 0.4) is 0 Å². The highest BCUT2D eigenvalue weighted by atomic mass is 32.2. The quantitative estimate of drug-likeness (QED) is 0.561. The van der Waals surface area contributed by atoms with Crippen LogP contribution in [0.25, 0.3) is 0 Å². The summed E-state index contributed by atoms with van der Waals surface area (Å²) >= 11 is 1.62. The van der Waals surface area contributed by atoms with Crippen molar-refractivity contribution >= 4 is 28.7 Å². The molecule has 0 spiro atoms. The van der Waals surface area contributed by atoms with E-state index in [0.717, 1.165) is 17.5 Å². The van der Waals surface area contributed by atoms with Crippen molar-refractivity contribution in [1.29, 1.82) is 0 Å². The van der Waals surface area contributed by atoms with Gasteiger partial charge in [-0.1, -0.05) is 20.8 Å². The topological polar surface area (TPSA) is 40.4 Å². The fraction of sp³-hybridized carbons (Fsp3) is 0.750. The zero-order valence-corrected chi connectivity index (χ0v) is 11.4. The smallest absolute Gasteiger partial charge is 0.246 e. The van der Waals surface area contributed by atoms with Crippen molar-refractivity contribution in [3.05, 3.63) is 0 Å². The van der Waals surface area contributed by atoms with Crippen LogP contribution in [0.4, 0.5) is 0 Å². The summed E-state index contributed by atoms with van der Waals surface area (Å²) in [6, 6.07) is 0. The molecule has 0 aliphatic carbocycles. The Kier molecular flexibility index (Phi) is 3.56. The van der Waals surface area contributed by atoms with Crippen molar-refractivity contribution in [2.45, 2.75) is 27.2 Å². The van der Waals surface area contributed by atoms with E-state index < -0.39 is 5.92 Å². The first kappa shape index (κ1) is 12.6. The van der Waals surface area contributed by atoms with Gasteiger partial charge in [-0.3, -0.25) is 0 Å². The molecule has 0 fully saturated rings. The van der Waals surface area contributed by atoms with Gasteiger partial charge in [-0.05, 0) is 24.1 Å². The Morgan fingerprint density at radius 2 is 2.18 bits per heavy atom. The van der Waals surface area contributed by atoms with E-state index in [1.54, 1.807) is 16.3 Å². The third-order valence-electron chi connectivity index (χ3n) is 3.09. The lowest BCUT2D eigenvalue weighted by Gasteiger charge is -2.25. The molecule has 0 bridgehead atoms. The minimum atomic E-state index is -0.462. The summed E-state index contributed by atoms with van der Waals surface area (Å²) < 4.78 is 1.79. The van der Waals surface area contributed by atoms with E-state index >= 15 is 0 Å².